The van der Waals surface area contributed by atoms with Gasteiger partial charge in [-0.25, -0.2) is 4.98 Å². The highest BCUT2D eigenvalue weighted by Gasteiger charge is 2.25. The monoisotopic (exact) mass is 492 g/mol. The van der Waals surface area contributed by atoms with Crippen molar-refractivity contribution >= 4 is 28.1 Å². The van der Waals surface area contributed by atoms with E-state index in [4.69, 9.17) is 15.2 Å². The molecule has 2 atom stereocenters. The molecule has 5 rings (SSSR count). The van der Waals surface area contributed by atoms with Gasteiger partial charge in [0, 0.05) is 18.7 Å². The fourth-order valence-corrected chi connectivity index (χ4v) is 5.05. The van der Waals surface area contributed by atoms with Gasteiger partial charge in [0.1, 0.15) is 22.5 Å². The van der Waals surface area contributed by atoms with Gasteiger partial charge in [-0.15, -0.1) is 0 Å². The van der Waals surface area contributed by atoms with Crippen LogP contribution in [-0.4, -0.2) is 36.7 Å². The molecule has 0 spiro atoms. The number of nitrogens with zero attached hydrogens (tertiary/aromatic N) is 2. The number of carbonyl (C=O) groups is 1. The number of nitrogen functional groups attached to an aromatic ring is 1. The van der Waals surface area contributed by atoms with Crippen LogP contribution in [-0.2, 0) is 0 Å². The molecular formula is C27H32N4O3S. The molecule has 2 aromatic carbocycles. The number of aryl methyl sites for hydroxylation is 1. The first-order valence-corrected chi connectivity index (χ1v) is 13.0. The molecule has 1 saturated heterocycles. The lowest BCUT2D eigenvalue weighted by Gasteiger charge is -2.20. The summed E-state index contributed by atoms with van der Waals surface area (Å²) >= 11 is 1.21. The van der Waals surface area contributed by atoms with Crippen LogP contribution >= 0.6 is 11.3 Å². The molecule has 2 fully saturated rings. The van der Waals surface area contributed by atoms with Crippen molar-refractivity contribution in [3.8, 4) is 11.5 Å². The first-order chi connectivity index (χ1) is 16.9. The van der Waals surface area contributed by atoms with Crippen molar-refractivity contribution in [3.63, 3.8) is 0 Å². The molecule has 1 aliphatic carbocycles. The van der Waals surface area contributed by atoms with E-state index in [1.165, 1.54) is 29.9 Å². The summed E-state index contributed by atoms with van der Waals surface area (Å²) in [4.78, 5) is 19.6. The zero-order valence-corrected chi connectivity index (χ0v) is 21.0. The molecule has 8 heteroatoms. The van der Waals surface area contributed by atoms with Gasteiger partial charge >= 0.3 is 0 Å². The smallest absolute Gasteiger partial charge is 0.263 e. The lowest BCUT2D eigenvalue weighted by Crippen LogP contribution is -2.26. The molecule has 184 valence electrons. The van der Waals surface area contributed by atoms with Crippen LogP contribution in [0.25, 0.3) is 0 Å². The summed E-state index contributed by atoms with van der Waals surface area (Å²) in [6.07, 6.45) is 3.72. The molecule has 7 nitrogen and oxygen atoms in total. The standard InChI is InChI=1S/C27H32N4O3S/c1-17(29-26(32)25-18(2)30-27(28)35-25)20-5-9-23(10-6-20)34-24-13-14-31(15-24)21-7-11-22(12-8-21)33-16-19-3-4-19/h5-12,17,19,24H,3-4,13-16H2,1-2H3,(H2,28,30)(H,29,32)/t17-,24+/m0/s1. The molecule has 2 aliphatic rings. The Kier molecular flexibility index (Phi) is 6.81. The minimum Gasteiger partial charge on any atom is -0.493 e. The molecule has 2 heterocycles. The van der Waals surface area contributed by atoms with E-state index < -0.39 is 0 Å². The van der Waals surface area contributed by atoms with Gasteiger partial charge in [0.15, 0.2) is 5.13 Å². The number of aromatic nitrogens is 1. The van der Waals surface area contributed by atoms with Crippen LogP contribution in [0.2, 0.25) is 0 Å². The van der Waals surface area contributed by atoms with E-state index in [0.29, 0.717) is 15.7 Å². The van der Waals surface area contributed by atoms with Crippen molar-refractivity contribution in [1.29, 1.82) is 0 Å². The number of hydrogen-bond acceptors (Lipinski definition) is 7. The average molecular weight is 493 g/mol. The molecule has 3 aromatic rings. The number of hydrogen-bond donors (Lipinski definition) is 2. The third-order valence-corrected chi connectivity index (χ3v) is 7.56. The van der Waals surface area contributed by atoms with Crippen molar-refractivity contribution in [3.05, 3.63) is 64.7 Å². The molecule has 0 bridgehead atoms. The Morgan fingerprint density at radius 3 is 2.51 bits per heavy atom. The average Bonchev–Trinajstić information content (AvgIpc) is 3.47. The predicted molar refractivity (Wildman–Crippen MR) is 139 cm³/mol. The van der Waals surface area contributed by atoms with Gasteiger partial charge in [0.25, 0.3) is 5.91 Å². The maximum Gasteiger partial charge on any atom is 0.263 e. The van der Waals surface area contributed by atoms with E-state index in [1.807, 2.05) is 31.2 Å². The Hall–Kier alpha value is -3.26. The van der Waals surface area contributed by atoms with E-state index in [0.717, 1.165) is 49.1 Å². The fourth-order valence-electron chi connectivity index (χ4n) is 4.31. The lowest BCUT2D eigenvalue weighted by atomic mass is 10.1. The first kappa shape index (κ1) is 23.5. The van der Waals surface area contributed by atoms with Crippen molar-refractivity contribution in [2.75, 3.05) is 30.3 Å². The summed E-state index contributed by atoms with van der Waals surface area (Å²) in [6.45, 7) is 6.42. The van der Waals surface area contributed by atoms with Crippen LogP contribution in [0.1, 0.15) is 53.2 Å². The maximum absolute atomic E-state index is 12.6. The molecule has 0 radical (unpaired) electrons. The van der Waals surface area contributed by atoms with Gasteiger partial charge in [-0.1, -0.05) is 23.5 Å². The Morgan fingerprint density at radius 2 is 1.86 bits per heavy atom. The van der Waals surface area contributed by atoms with E-state index >= 15 is 0 Å². The van der Waals surface area contributed by atoms with Crippen LogP contribution in [0.4, 0.5) is 10.8 Å². The molecule has 35 heavy (non-hydrogen) atoms. The van der Waals surface area contributed by atoms with Gasteiger partial charge in [0.2, 0.25) is 0 Å². The summed E-state index contributed by atoms with van der Waals surface area (Å²) in [5, 5.41) is 3.43. The van der Waals surface area contributed by atoms with E-state index in [1.54, 1.807) is 6.92 Å². The van der Waals surface area contributed by atoms with Crippen LogP contribution in [0, 0.1) is 12.8 Å². The predicted octanol–water partition coefficient (Wildman–Crippen LogP) is 4.97. The SMILES string of the molecule is Cc1nc(N)sc1C(=O)N[C@@H](C)c1ccc(O[C@@H]2CCN(c3ccc(OCC4CC4)cc3)C2)cc1. The second kappa shape index (κ2) is 10.2. The first-order valence-electron chi connectivity index (χ1n) is 12.2. The Balaban J connectivity index is 1.11. The number of ether oxygens (including phenoxy) is 2. The van der Waals surface area contributed by atoms with E-state index in [2.05, 4.69) is 39.5 Å². The number of nitrogens with two attached hydrogens (primary N) is 1. The lowest BCUT2D eigenvalue weighted by molar-refractivity contribution is 0.0943. The number of benzene rings is 2. The third-order valence-electron chi connectivity index (χ3n) is 6.58. The second-order valence-electron chi connectivity index (χ2n) is 9.45. The highest BCUT2D eigenvalue weighted by Crippen LogP contribution is 2.31. The quantitative estimate of drug-likeness (QED) is 0.438. The molecule has 1 aromatic heterocycles. The third kappa shape index (κ3) is 5.88. The number of amides is 1. The summed E-state index contributed by atoms with van der Waals surface area (Å²) in [5.41, 5.74) is 8.59. The summed E-state index contributed by atoms with van der Waals surface area (Å²) in [5.74, 6) is 2.40. The minimum absolute atomic E-state index is 0.141. The zero-order valence-electron chi connectivity index (χ0n) is 20.2. The number of rotatable bonds is 9. The highest BCUT2D eigenvalue weighted by atomic mass is 32.1. The number of anilines is 2. The highest BCUT2D eigenvalue weighted by molar-refractivity contribution is 7.17. The Bertz CT molecular complexity index is 1160. The molecule has 0 unspecified atom stereocenters. The van der Waals surface area contributed by atoms with Gasteiger partial charge in [-0.2, -0.15) is 0 Å². The molecule has 1 saturated carbocycles. The summed E-state index contributed by atoms with van der Waals surface area (Å²) in [6, 6.07) is 16.2. The topological polar surface area (TPSA) is 89.7 Å². The van der Waals surface area contributed by atoms with Crippen molar-refractivity contribution < 1.29 is 14.3 Å². The van der Waals surface area contributed by atoms with Crippen molar-refractivity contribution in [1.82, 2.24) is 10.3 Å². The normalized spacial score (nSPS) is 18.3. The van der Waals surface area contributed by atoms with Gasteiger partial charge in [-0.05, 0) is 74.6 Å². The molecular weight excluding hydrogens is 460 g/mol. The Labute approximate surface area is 210 Å². The fraction of sp³-hybridized carbons (Fsp3) is 0.407. The van der Waals surface area contributed by atoms with E-state index in [-0.39, 0.29) is 18.1 Å². The number of carbonyl (C=O) groups excluding carboxylic acids is 1. The maximum atomic E-state index is 12.6. The largest absolute Gasteiger partial charge is 0.493 e. The van der Waals surface area contributed by atoms with Crippen LogP contribution in [0.15, 0.2) is 48.5 Å². The van der Waals surface area contributed by atoms with E-state index in [9.17, 15) is 4.79 Å². The molecule has 1 aliphatic heterocycles. The Morgan fingerprint density at radius 1 is 1.14 bits per heavy atom. The van der Waals surface area contributed by atoms with Gasteiger partial charge < -0.3 is 25.4 Å². The molecule has 3 N–H and O–H groups in total. The second-order valence-corrected chi connectivity index (χ2v) is 10.5. The summed E-state index contributed by atoms with van der Waals surface area (Å²) < 4.78 is 12.1. The number of nitrogens with one attached hydrogen (secondary N) is 1. The van der Waals surface area contributed by atoms with Crippen LogP contribution < -0.4 is 25.4 Å². The minimum atomic E-state index is -0.155. The van der Waals surface area contributed by atoms with Crippen LogP contribution in [0.3, 0.4) is 0 Å². The van der Waals surface area contributed by atoms with Gasteiger partial charge in [0.05, 0.1) is 24.9 Å². The van der Waals surface area contributed by atoms with Crippen molar-refractivity contribution in [2.45, 2.75) is 45.3 Å². The van der Waals surface area contributed by atoms with Crippen LogP contribution in [0.5, 0.6) is 11.5 Å². The number of thiazole rings is 1. The van der Waals surface area contributed by atoms with Crippen molar-refractivity contribution in [2.24, 2.45) is 5.92 Å². The summed E-state index contributed by atoms with van der Waals surface area (Å²) in [7, 11) is 0. The zero-order chi connectivity index (χ0) is 24.4. The van der Waals surface area contributed by atoms with Gasteiger partial charge in [-0.3, -0.25) is 4.79 Å². The molecule has 1 amide bonds.